The van der Waals surface area contributed by atoms with Crippen molar-refractivity contribution in [1.82, 2.24) is 19.5 Å². The van der Waals surface area contributed by atoms with Crippen LogP contribution in [0.1, 0.15) is 45.3 Å². The van der Waals surface area contributed by atoms with Gasteiger partial charge < -0.3 is 28.8 Å². The third-order valence-corrected chi connectivity index (χ3v) is 14.0. The first-order chi connectivity index (χ1) is 29.3. The van der Waals surface area contributed by atoms with Gasteiger partial charge in [0.15, 0.2) is 17.0 Å². The van der Waals surface area contributed by atoms with Gasteiger partial charge >= 0.3 is 0 Å². The minimum atomic E-state index is -3.25. The van der Waals surface area contributed by atoms with Gasteiger partial charge in [-0.05, 0) is 58.7 Å². The van der Waals surface area contributed by atoms with Crippen molar-refractivity contribution in [2.24, 2.45) is 0 Å². The van der Waals surface area contributed by atoms with E-state index in [1.165, 1.54) is 17.7 Å². The Bertz CT molecular complexity index is 2520. The molecule has 1 aliphatic rings. The average Bonchev–Trinajstić information content (AvgIpc) is 3.91. The second-order valence-corrected chi connectivity index (χ2v) is 19.3. The number of hydrogen-bond donors (Lipinski definition) is 1. The third-order valence-electron chi connectivity index (χ3n) is 10.4. The Morgan fingerprint density at radius 1 is 0.800 bits per heavy atom. The molecular formula is C46H44N5O7PS. The monoisotopic (exact) mass is 841 g/mol. The predicted octanol–water partition coefficient (Wildman–Crippen LogP) is 9.53. The van der Waals surface area contributed by atoms with E-state index in [1.54, 1.807) is 56.0 Å². The first kappa shape index (κ1) is 40.9. The number of nitrogens with one attached hydrogen (secondary N) is 1. The van der Waals surface area contributed by atoms with E-state index < -0.39 is 30.6 Å². The molecule has 1 fully saturated rings. The van der Waals surface area contributed by atoms with Gasteiger partial charge in [-0.3, -0.25) is 13.9 Å². The summed E-state index contributed by atoms with van der Waals surface area (Å²) in [5.41, 5.74) is 3.83. The summed E-state index contributed by atoms with van der Waals surface area (Å²) in [7, 11) is 3.27. The SMILES string of the molecule is COc1ccc(C(OC[C@H]2O[C@@H](n3cnc4c(NC(=O)c5ccccc5)ncnc43)C[C@@H]2OP(C)(=O)SCc2ccccc2)(c2ccccc2)c2ccc(OC)cc2)cc1. The number of amides is 1. The van der Waals surface area contributed by atoms with Crippen molar-refractivity contribution >= 4 is 40.8 Å². The van der Waals surface area contributed by atoms with Crippen molar-refractivity contribution in [2.75, 3.05) is 32.8 Å². The molecule has 4 atom stereocenters. The molecule has 7 aromatic rings. The van der Waals surface area contributed by atoms with Crippen LogP contribution in [0.5, 0.6) is 11.5 Å². The Hall–Kier alpha value is -5.82. The highest BCUT2D eigenvalue weighted by Crippen LogP contribution is 2.60. The van der Waals surface area contributed by atoms with Crippen LogP contribution in [0.25, 0.3) is 11.2 Å². The first-order valence-electron chi connectivity index (χ1n) is 19.4. The molecule has 60 heavy (non-hydrogen) atoms. The highest BCUT2D eigenvalue weighted by Gasteiger charge is 2.45. The van der Waals surface area contributed by atoms with Crippen LogP contribution in [0.2, 0.25) is 0 Å². The largest absolute Gasteiger partial charge is 0.497 e. The molecule has 1 saturated heterocycles. The second-order valence-electron chi connectivity index (χ2n) is 14.2. The van der Waals surface area contributed by atoms with E-state index >= 15 is 0 Å². The zero-order valence-corrected chi connectivity index (χ0v) is 35.0. The Labute approximate surface area is 352 Å². The molecule has 0 aliphatic carbocycles. The smallest absolute Gasteiger partial charge is 0.256 e. The molecule has 1 amide bonds. The fourth-order valence-corrected chi connectivity index (χ4v) is 10.4. The summed E-state index contributed by atoms with van der Waals surface area (Å²) in [4.78, 5) is 26.6. The summed E-state index contributed by atoms with van der Waals surface area (Å²) in [5, 5.41) is 2.87. The lowest BCUT2D eigenvalue weighted by Crippen LogP contribution is -2.38. The maximum Gasteiger partial charge on any atom is 0.256 e. The van der Waals surface area contributed by atoms with Crippen LogP contribution in [0.4, 0.5) is 5.82 Å². The fourth-order valence-electron chi connectivity index (χ4n) is 7.38. The summed E-state index contributed by atoms with van der Waals surface area (Å²) in [6.45, 7) is -1.56. The van der Waals surface area contributed by atoms with Crippen LogP contribution in [0, 0.1) is 0 Å². The molecule has 0 spiro atoms. The van der Waals surface area contributed by atoms with Gasteiger partial charge in [0.2, 0.25) is 0 Å². The van der Waals surface area contributed by atoms with Gasteiger partial charge in [0.05, 0.1) is 33.3 Å². The Morgan fingerprint density at radius 3 is 2.00 bits per heavy atom. The van der Waals surface area contributed by atoms with Gasteiger partial charge in [-0.25, -0.2) is 15.0 Å². The Balaban J connectivity index is 1.14. The van der Waals surface area contributed by atoms with Crippen molar-refractivity contribution in [3.8, 4) is 11.5 Å². The van der Waals surface area contributed by atoms with Crippen LogP contribution in [-0.4, -0.2) is 65.1 Å². The second kappa shape index (κ2) is 18.2. The highest BCUT2D eigenvalue weighted by atomic mass is 32.7. The van der Waals surface area contributed by atoms with E-state index in [0.29, 0.717) is 40.4 Å². The van der Waals surface area contributed by atoms with Gasteiger partial charge in [-0.2, -0.15) is 0 Å². The van der Waals surface area contributed by atoms with Gasteiger partial charge in [0.25, 0.3) is 12.5 Å². The number of anilines is 1. The number of rotatable bonds is 16. The van der Waals surface area contributed by atoms with Crippen LogP contribution in [0.3, 0.4) is 0 Å². The van der Waals surface area contributed by atoms with E-state index in [2.05, 4.69) is 20.3 Å². The van der Waals surface area contributed by atoms with Crippen molar-refractivity contribution in [1.29, 1.82) is 0 Å². The number of hydrogen-bond acceptors (Lipinski definition) is 11. The summed E-state index contributed by atoms with van der Waals surface area (Å²) in [5.74, 6) is 1.86. The maximum absolute atomic E-state index is 14.3. The molecule has 2 aromatic heterocycles. The molecule has 0 radical (unpaired) electrons. The lowest BCUT2D eigenvalue weighted by Gasteiger charge is -2.37. The maximum atomic E-state index is 14.3. The number of nitrogens with zero attached hydrogens (tertiary/aromatic N) is 4. The van der Waals surface area contributed by atoms with Gasteiger partial charge in [-0.15, -0.1) is 0 Å². The number of benzene rings is 5. The quantitative estimate of drug-likeness (QED) is 0.0736. The van der Waals surface area contributed by atoms with Crippen LogP contribution >= 0.6 is 18.0 Å². The van der Waals surface area contributed by atoms with Crippen molar-refractivity contribution in [3.63, 3.8) is 0 Å². The highest BCUT2D eigenvalue weighted by molar-refractivity contribution is 8.56. The van der Waals surface area contributed by atoms with E-state index in [-0.39, 0.29) is 18.3 Å². The summed E-state index contributed by atoms with van der Waals surface area (Å²) in [6.07, 6.45) is 1.29. The van der Waals surface area contributed by atoms with E-state index in [4.69, 9.17) is 23.5 Å². The molecule has 3 heterocycles. The lowest BCUT2D eigenvalue weighted by molar-refractivity contribution is -0.0897. The normalized spacial score (nSPS) is 17.6. The van der Waals surface area contributed by atoms with Crippen LogP contribution in [-0.2, 0) is 29.9 Å². The average molecular weight is 842 g/mol. The molecular weight excluding hydrogens is 798 g/mol. The molecule has 1 unspecified atom stereocenters. The fraction of sp³-hybridized carbons (Fsp3) is 0.217. The number of fused-ring (bicyclic) bond motifs is 1. The number of methoxy groups -OCH3 is 2. The summed E-state index contributed by atoms with van der Waals surface area (Å²) in [6, 6.07) is 44.4. The molecule has 1 N–H and O–H groups in total. The molecule has 12 nitrogen and oxygen atoms in total. The molecule has 0 bridgehead atoms. The zero-order chi connectivity index (χ0) is 41.5. The first-order valence-corrected chi connectivity index (χ1v) is 23.0. The van der Waals surface area contributed by atoms with Crippen molar-refractivity contribution in [2.45, 2.75) is 36.2 Å². The van der Waals surface area contributed by atoms with E-state index in [0.717, 1.165) is 22.3 Å². The standard InChI is InChI=1S/C46H44N5O7PS/c1-54-37-23-19-35(20-24-37)46(34-17-11-6-12-18-34,36-21-25-38(55-2)26-22-36)56-28-40-39(58-59(3,53)60-29-32-13-7-4-8-14-32)27-41(57-40)51-31-49-42-43(47-30-48-44(42)51)50-45(52)33-15-9-5-10-16-33/h4-26,30-31,39-41H,27-29H2,1-3H3,(H,47,48,50,52)/t39-,40+,41+,59?/m0/s1. The molecule has 0 saturated carbocycles. The van der Waals surface area contributed by atoms with E-state index in [1.807, 2.05) is 115 Å². The summed E-state index contributed by atoms with van der Waals surface area (Å²) < 4.78 is 47.9. The predicted molar refractivity (Wildman–Crippen MR) is 233 cm³/mol. The number of ether oxygens (including phenoxy) is 4. The zero-order valence-electron chi connectivity index (χ0n) is 33.3. The molecule has 5 aromatic carbocycles. The third kappa shape index (κ3) is 8.86. The van der Waals surface area contributed by atoms with Gasteiger partial charge in [0.1, 0.15) is 35.8 Å². The minimum Gasteiger partial charge on any atom is -0.497 e. The lowest BCUT2D eigenvalue weighted by atomic mass is 9.80. The number of imidazole rings is 1. The van der Waals surface area contributed by atoms with Crippen LogP contribution in [0.15, 0.2) is 152 Å². The number of carbonyl (C=O) groups excluding carboxylic acids is 1. The Morgan fingerprint density at radius 2 is 1.38 bits per heavy atom. The molecule has 8 rings (SSSR count). The Kier molecular flexibility index (Phi) is 12.4. The number of carbonyl (C=O) groups is 1. The topological polar surface area (TPSA) is 136 Å². The molecule has 306 valence electrons. The molecule has 1 aliphatic heterocycles. The minimum absolute atomic E-state index is 0.0392. The van der Waals surface area contributed by atoms with E-state index in [9.17, 15) is 9.36 Å². The van der Waals surface area contributed by atoms with Crippen molar-refractivity contribution < 1.29 is 32.8 Å². The molecule has 14 heteroatoms. The van der Waals surface area contributed by atoms with Crippen LogP contribution < -0.4 is 14.8 Å². The van der Waals surface area contributed by atoms with Gasteiger partial charge in [-0.1, -0.05) is 115 Å². The van der Waals surface area contributed by atoms with Crippen molar-refractivity contribution in [3.05, 3.63) is 180 Å². The summed E-state index contributed by atoms with van der Waals surface area (Å²) >= 11 is 1.28. The number of aromatic nitrogens is 4. The van der Waals surface area contributed by atoms with Gasteiger partial charge in [0, 0.05) is 24.4 Å².